The highest BCUT2D eigenvalue weighted by molar-refractivity contribution is 7.07. The average Bonchev–Trinajstić information content (AvgIpc) is 3.61. The molecule has 3 N–H and O–H groups in total. The van der Waals surface area contributed by atoms with Gasteiger partial charge in [0.1, 0.15) is 11.3 Å². The van der Waals surface area contributed by atoms with E-state index in [9.17, 15) is 4.79 Å². The highest BCUT2D eigenvalue weighted by Crippen LogP contribution is 2.37. The summed E-state index contributed by atoms with van der Waals surface area (Å²) in [5, 5.41) is 8.42. The Bertz CT molecular complexity index is 1270. The molecule has 6 rings (SSSR count). The van der Waals surface area contributed by atoms with Gasteiger partial charge < -0.3 is 19.5 Å². The molecule has 1 aliphatic heterocycles. The first-order valence-electron chi connectivity index (χ1n) is 13.7. The van der Waals surface area contributed by atoms with Gasteiger partial charge in [-0.1, -0.05) is 26.2 Å². The Labute approximate surface area is 226 Å². The third-order valence-electron chi connectivity index (χ3n) is 8.43. The van der Waals surface area contributed by atoms with Crippen molar-refractivity contribution in [3.8, 4) is 0 Å². The van der Waals surface area contributed by atoms with Crippen molar-refractivity contribution < 1.29 is 14.4 Å². The molecular formula is C26H36N8O3S. The van der Waals surface area contributed by atoms with E-state index in [1.165, 1.54) is 56.3 Å². The highest BCUT2D eigenvalue weighted by atomic mass is 32.1. The second kappa shape index (κ2) is 10.7. The molecule has 38 heavy (non-hydrogen) atoms. The van der Waals surface area contributed by atoms with Crippen LogP contribution in [0.4, 0.5) is 10.6 Å². The zero-order valence-corrected chi connectivity index (χ0v) is 23.0. The van der Waals surface area contributed by atoms with Gasteiger partial charge >= 0.3 is 6.09 Å². The van der Waals surface area contributed by atoms with Gasteiger partial charge in [-0.2, -0.15) is 0 Å². The van der Waals surface area contributed by atoms with Crippen molar-refractivity contribution in [3.63, 3.8) is 0 Å². The normalized spacial score (nSPS) is 25.6. The molecule has 3 atom stereocenters. The van der Waals surface area contributed by atoms with Crippen LogP contribution in [0.3, 0.4) is 0 Å². The van der Waals surface area contributed by atoms with Crippen molar-refractivity contribution in [2.45, 2.75) is 83.6 Å². The second-order valence-corrected chi connectivity index (χ2v) is 11.8. The average molecular weight is 541 g/mol. The number of aromatic nitrogens is 5. The van der Waals surface area contributed by atoms with Gasteiger partial charge in [0.25, 0.3) is 0 Å². The minimum absolute atomic E-state index is 0.246. The summed E-state index contributed by atoms with van der Waals surface area (Å²) in [6.45, 7) is 5.38. The zero-order valence-electron chi connectivity index (χ0n) is 22.1. The molecule has 204 valence electrons. The molecule has 2 saturated carbocycles. The molecule has 0 bridgehead atoms. The van der Waals surface area contributed by atoms with Crippen LogP contribution in [-0.4, -0.2) is 43.7 Å². The van der Waals surface area contributed by atoms with E-state index in [1.807, 2.05) is 10.9 Å². The number of hydroxylamine groups is 1. The number of nitrogens with zero attached hydrogens (tertiary/aromatic N) is 5. The van der Waals surface area contributed by atoms with Gasteiger partial charge in [0.05, 0.1) is 11.2 Å². The number of thiazole rings is 1. The lowest BCUT2D eigenvalue weighted by Gasteiger charge is -2.32. The fourth-order valence-corrected chi connectivity index (χ4v) is 6.41. The summed E-state index contributed by atoms with van der Waals surface area (Å²) >= 11 is 1.54. The first-order valence-corrected chi connectivity index (χ1v) is 14.6. The van der Waals surface area contributed by atoms with Crippen molar-refractivity contribution in [2.24, 2.45) is 17.8 Å². The van der Waals surface area contributed by atoms with E-state index < -0.39 is 18.4 Å². The second-order valence-electron chi connectivity index (χ2n) is 11.0. The van der Waals surface area contributed by atoms with Gasteiger partial charge in [0.2, 0.25) is 0 Å². The lowest BCUT2D eigenvalue weighted by molar-refractivity contribution is 0.120. The molecule has 4 heterocycles. The number of anilines is 1. The van der Waals surface area contributed by atoms with E-state index in [0.29, 0.717) is 23.3 Å². The van der Waals surface area contributed by atoms with Gasteiger partial charge in [-0.05, 0) is 50.4 Å². The minimum atomic E-state index is -0.656. The monoisotopic (exact) mass is 540 g/mol. The number of carbonyl (C=O) groups is 1. The largest absolute Gasteiger partial charge is 0.427 e. The predicted octanol–water partition coefficient (Wildman–Crippen LogP) is 4.69. The Hall–Kier alpha value is -2.83. The van der Waals surface area contributed by atoms with Crippen LogP contribution < -0.4 is 16.1 Å². The molecule has 12 heteroatoms. The summed E-state index contributed by atoms with van der Waals surface area (Å²) in [6.07, 6.45) is 6.90. The summed E-state index contributed by atoms with van der Waals surface area (Å²) in [7, 11) is 1.69. The highest BCUT2D eigenvalue weighted by Gasteiger charge is 2.33. The fourth-order valence-electron chi connectivity index (χ4n) is 5.84. The molecule has 3 aromatic heterocycles. The summed E-state index contributed by atoms with van der Waals surface area (Å²) < 4.78 is 8.25. The number of fused-ring (bicyclic) bond motifs is 1. The third-order valence-corrected chi connectivity index (χ3v) is 9.03. The molecule has 0 spiro atoms. The summed E-state index contributed by atoms with van der Waals surface area (Å²) in [5.41, 5.74) is 6.76. The van der Waals surface area contributed by atoms with Crippen molar-refractivity contribution in [2.75, 3.05) is 12.4 Å². The number of methoxy groups -OCH3 is 1. The van der Waals surface area contributed by atoms with Gasteiger partial charge in [-0.15, -0.1) is 16.8 Å². The zero-order chi connectivity index (χ0) is 26.2. The maximum Gasteiger partial charge on any atom is 0.427 e. The smallest absolute Gasteiger partial charge is 0.367 e. The molecule has 2 aliphatic carbocycles. The Balaban J connectivity index is 1.47. The third kappa shape index (κ3) is 4.96. The number of hydrogen-bond donors (Lipinski definition) is 3. The van der Waals surface area contributed by atoms with Crippen LogP contribution in [0.25, 0.3) is 11.2 Å². The lowest BCUT2D eigenvalue weighted by Crippen LogP contribution is -2.32. The van der Waals surface area contributed by atoms with Crippen LogP contribution in [0, 0.1) is 17.8 Å². The quantitative estimate of drug-likeness (QED) is 0.354. The number of carbonyl (C=O) groups excluding carboxylic acids is 1. The Kier molecular flexibility index (Phi) is 7.19. The van der Waals surface area contributed by atoms with E-state index in [2.05, 4.69) is 39.5 Å². The molecule has 1 saturated heterocycles. The molecule has 2 unspecified atom stereocenters. The minimum Gasteiger partial charge on any atom is -0.367 e. The molecule has 0 radical (unpaired) electrons. The van der Waals surface area contributed by atoms with Crippen molar-refractivity contribution >= 4 is 34.4 Å². The SMILES string of the molecule is COC(c1cscn1)c1nc2nc(C3NOC(=O)N3)nc(N[C@H](C)C3CCC3)c2n1CC1CCC(C)CC1. The standard InChI is InChI=1S/C26H36N8O3S/c1-14-7-9-16(10-8-14)11-34-19-21(28-15(2)17-5-4-6-17)29-23(24-32-26(35)37-33-24)30-22(19)31-25(34)20(36-3)18-12-38-13-27-18/h12-17,20,24,33H,4-11H2,1-3H3,(H,32,35)(H,28,29,30)/t14?,15-,16?,20?,24?/m1/s1. The van der Waals surface area contributed by atoms with Gasteiger partial charge in [0.15, 0.2) is 29.6 Å². The van der Waals surface area contributed by atoms with Crippen molar-refractivity contribution in [1.82, 2.24) is 35.3 Å². The Morgan fingerprint density at radius 3 is 2.66 bits per heavy atom. The van der Waals surface area contributed by atoms with Crippen LogP contribution in [0.2, 0.25) is 0 Å². The first-order chi connectivity index (χ1) is 18.5. The van der Waals surface area contributed by atoms with Crippen LogP contribution in [0.15, 0.2) is 10.9 Å². The van der Waals surface area contributed by atoms with Crippen LogP contribution in [-0.2, 0) is 16.1 Å². The van der Waals surface area contributed by atoms with E-state index >= 15 is 0 Å². The number of nitrogens with one attached hydrogen (secondary N) is 3. The molecular weight excluding hydrogens is 504 g/mol. The maximum atomic E-state index is 11.7. The molecule has 0 aromatic carbocycles. The van der Waals surface area contributed by atoms with Gasteiger partial charge in [0, 0.05) is 25.1 Å². The Morgan fingerprint density at radius 2 is 2.03 bits per heavy atom. The summed E-state index contributed by atoms with van der Waals surface area (Å²) in [6, 6.07) is 0.246. The van der Waals surface area contributed by atoms with Crippen LogP contribution in [0.5, 0.6) is 0 Å². The number of rotatable bonds is 9. The first kappa shape index (κ1) is 25.4. The van der Waals surface area contributed by atoms with Crippen molar-refractivity contribution in [1.29, 1.82) is 0 Å². The number of imidazole rings is 1. The number of hydrogen-bond acceptors (Lipinski definition) is 10. The topological polar surface area (TPSA) is 128 Å². The summed E-state index contributed by atoms with van der Waals surface area (Å²) in [5.74, 6) is 3.82. The van der Waals surface area contributed by atoms with Gasteiger partial charge in [-0.25, -0.2) is 24.7 Å². The number of amides is 1. The lowest BCUT2D eigenvalue weighted by atomic mass is 9.80. The Morgan fingerprint density at radius 1 is 1.21 bits per heavy atom. The predicted molar refractivity (Wildman–Crippen MR) is 143 cm³/mol. The maximum absolute atomic E-state index is 11.7. The van der Waals surface area contributed by atoms with E-state index in [-0.39, 0.29) is 6.04 Å². The van der Waals surface area contributed by atoms with E-state index in [0.717, 1.165) is 35.3 Å². The number of ether oxygens (including phenoxy) is 1. The van der Waals surface area contributed by atoms with Gasteiger partial charge in [-0.3, -0.25) is 5.32 Å². The van der Waals surface area contributed by atoms with E-state index in [1.54, 1.807) is 7.11 Å². The summed E-state index contributed by atoms with van der Waals surface area (Å²) in [4.78, 5) is 36.0. The molecule has 3 aromatic rings. The van der Waals surface area contributed by atoms with Crippen LogP contribution in [0.1, 0.15) is 88.4 Å². The molecule has 1 amide bonds. The molecule has 3 fully saturated rings. The van der Waals surface area contributed by atoms with Crippen LogP contribution >= 0.6 is 11.3 Å². The van der Waals surface area contributed by atoms with E-state index in [4.69, 9.17) is 24.5 Å². The van der Waals surface area contributed by atoms with Crippen molar-refractivity contribution in [3.05, 3.63) is 28.2 Å². The molecule has 11 nitrogen and oxygen atoms in total. The molecule has 3 aliphatic rings. The fraction of sp³-hybridized carbons (Fsp3) is 0.654.